The number of ether oxygens (including phenoxy) is 3. The number of hydrogen-bond acceptors (Lipinski definition) is 9. The monoisotopic (exact) mass is 535 g/mol. The Labute approximate surface area is 224 Å². The number of phenols is 1. The minimum Gasteiger partial charge on any atom is -0.504 e. The highest BCUT2D eigenvalue weighted by Gasteiger charge is 2.72. The standard InChI is InChI=1S/C29H29NO9/c1-30-14-13-28-23-17-7-8-18(31)25(23)39-26(28)19(11-12-29(28,36)20(30)15-17)37-21(32)9-10-22(33)38-24(27(34)35)16-5-3-2-4-6-16/h2-8,11,20,24,26,31,36H,9-10,12-15H2,1H3,(H,34,35)/t20-,24?,26+,28+,29-/m1/s1. The lowest BCUT2D eigenvalue weighted by Crippen LogP contribution is -2.74. The van der Waals surface area contributed by atoms with E-state index < -0.39 is 41.1 Å². The molecule has 10 nitrogen and oxygen atoms in total. The maximum absolute atomic E-state index is 12.8. The summed E-state index contributed by atoms with van der Waals surface area (Å²) >= 11 is 0. The maximum Gasteiger partial charge on any atom is 0.349 e. The molecule has 1 saturated heterocycles. The molecule has 204 valence electrons. The molecule has 2 aliphatic carbocycles. The number of hydrogen-bond donors (Lipinski definition) is 3. The van der Waals surface area contributed by atoms with Gasteiger partial charge in [0.1, 0.15) is 5.76 Å². The zero-order valence-corrected chi connectivity index (χ0v) is 21.3. The molecular weight excluding hydrogens is 506 g/mol. The molecule has 2 bridgehead atoms. The van der Waals surface area contributed by atoms with Crippen LogP contribution >= 0.6 is 0 Å². The Bertz CT molecular complexity index is 1390. The Morgan fingerprint density at radius 2 is 1.87 bits per heavy atom. The average Bonchev–Trinajstić information content (AvgIpc) is 3.28. The number of aliphatic carboxylic acids is 1. The number of piperidine rings is 1. The van der Waals surface area contributed by atoms with Crippen LogP contribution in [0.5, 0.6) is 11.5 Å². The third kappa shape index (κ3) is 3.73. The number of carboxylic acid groups (broad SMARTS) is 1. The Balaban J connectivity index is 1.19. The van der Waals surface area contributed by atoms with Gasteiger partial charge >= 0.3 is 17.9 Å². The van der Waals surface area contributed by atoms with E-state index in [0.717, 1.165) is 11.1 Å². The Morgan fingerprint density at radius 3 is 2.62 bits per heavy atom. The van der Waals surface area contributed by atoms with Crippen molar-refractivity contribution in [1.29, 1.82) is 0 Å². The summed E-state index contributed by atoms with van der Waals surface area (Å²) in [6.07, 6.45) is 0.0368. The van der Waals surface area contributed by atoms with E-state index in [1.54, 1.807) is 30.3 Å². The molecule has 0 amide bonds. The first-order valence-electron chi connectivity index (χ1n) is 13.0. The van der Waals surface area contributed by atoms with Crippen LogP contribution < -0.4 is 4.74 Å². The summed E-state index contributed by atoms with van der Waals surface area (Å²) in [5.41, 5.74) is 0.0159. The fourth-order valence-corrected chi connectivity index (χ4v) is 6.90. The number of carbonyl (C=O) groups excluding carboxylic acids is 2. The smallest absolute Gasteiger partial charge is 0.349 e. The second-order valence-corrected chi connectivity index (χ2v) is 10.7. The van der Waals surface area contributed by atoms with Gasteiger partial charge in [0.25, 0.3) is 0 Å². The normalized spacial score (nSPS) is 28.9. The van der Waals surface area contributed by atoms with Gasteiger partial charge in [-0.3, -0.25) is 9.59 Å². The van der Waals surface area contributed by atoms with Crippen LogP contribution in [0.3, 0.4) is 0 Å². The molecule has 5 atom stereocenters. The molecule has 2 aromatic carbocycles. The van der Waals surface area contributed by atoms with Crippen molar-refractivity contribution in [3.05, 3.63) is 71.0 Å². The van der Waals surface area contributed by atoms with E-state index in [1.807, 2.05) is 13.1 Å². The third-order valence-electron chi connectivity index (χ3n) is 8.69. The number of aliphatic hydroxyl groups is 1. The summed E-state index contributed by atoms with van der Waals surface area (Å²) in [5.74, 6) is -2.36. The van der Waals surface area contributed by atoms with Gasteiger partial charge in [0, 0.05) is 23.6 Å². The number of carboxylic acids is 1. The number of likely N-dealkylation sites (tertiary alicyclic amines) is 1. The highest BCUT2D eigenvalue weighted by Crippen LogP contribution is 2.65. The molecule has 2 aromatic rings. The number of carbonyl (C=O) groups is 3. The average molecular weight is 536 g/mol. The van der Waals surface area contributed by atoms with Crippen molar-refractivity contribution < 1.29 is 43.9 Å². The first-order chi connectivity index (χ1) is 18.7. The molecule has 0 aromatic heterocycles. The van der Waals surface area contributed by atoms with Crippen LogP contribution in [0.2, 0.25) is 0 Å². The zero-order valence-electron chi connectivity index (χ0n) is 21.3. The van der Waals surface area contributed by atoms with Crippen LogP contribution in [0.4, 0.5) is 0 Å². The number of nitrogens with zero attached hydrogens (tertiary/aromatic N) is 1. The van der Waals surface area contributed by atoms with E-state index in [0.29, 0.717) is 30.7 Å². The molecule has 0 radical (unpaired) electrons. The molecule has 0 saturated carbocycles. The van der Waals surface area contributed by atoms with Gasteiger partial charge in [-0.2, -0.15) is 0 Å². The number of rotatable bonds is 7. The minimum atomic E-state index is -1.48. The third-order valence-corrected chi connectivity index (χ3v) is 8.69. The Hall–Kier alpha value is -3.89. The van der Waals surface area contributed by atoms with E-state index in [4.69, 9.17) is 14.2 Å². The Morgan fingerprint density at radius 1 is 1.13 bits per heavy atom. The van der Waals surface area contributed by atoms with Gasteiger partial charge in [0.05, 0.1) is 23.9 Å². The zero-order chi connectivity index (χ0) is 27.5. The van der Waals surface area contributed by atoms with E-state index in [-0.39, 0.29) is 36.8 Å². The van der Waals surface area contributed by atoms with Gasteiger partial charge < -0.3 is 34.4 Å². The molecule has 1 spiro atoms. The van der Waals surface area contributed by atoms with Crippen molar-refractivity contribution in [3.63, 3.8) is 0 Å². The van der Waals surface area contributed by atoms with Gasteiger partial charge in [-0.1, -0.05) is 36.4 Å². The predicted octanol–water partition coefficient (Wildman–Crippen LogP) is 2.36. The number of phenolic OH excluding ortho intramolecular Hbond substituents is 1. The summed E-state index contributed by atoms with van der Waals surface area (Å²) in [5, 5.41) is 32.2. The second-order valence-electron chi connectivity index (χ2n) is 10.7. The van der Waals surface area contributed by atoms with Gasteiger partial charge in [0.15, 0.2) is 17.6 Å². The lowest BCUT2D eigenvalue weighted by molar-refractivity contribution is -0.170. The van der Waals surface area contributed by atoms with Crippen molar-refractivity contribution >= 4 is 17.9 Å². The second kappa shape index (κ2) is 9.10. The van der Waals surface area contributed by atoms with Crippen LogP contribution in [0.25, 0.3) is 0 Å². The molecule has 4 aliphatic rings. The molecule has 6 rings (SSSR count). The Kier molecular flexibility index (Phi) is 5.92. The van der Waals surface area contributed by atoms with Crippen LogP contribution in [-0.4, -0.2) is 69.5 Å². The number of aromatic hydroxyl groups is 1. The van der Waals surface area contributed by atoms with Gasteiger partial charge in [-0.05, 0) is 44.1 Å². The van der Waals surface area contributed by atoms with Crippen LogP contribution in [0.15, 0.2) is 54.3 Å². The van der Waals surface area contributed by atoms with Crippen molar-refractivity contribution in [2.24, 2.45) is 0 Å². The summed E-state index contributed by atoms with van der Waals surface area (Å²) in [7, 11) is 1.98. The van der Waals surface area contributed by atoms with E-state index in [9.17, 15) is 29.7 Å². The molecule has 2 aliphatic heterocycles. The fourth-order valence-electron chi connectivity index (χ4n) is 6.90. The molecule has 1 fully saturated rings. The number of benzene rings is 2. The van der Waals surface area contributed by atoms with Crippen molar-refractivity contribution in [2.45, 2.75) is 61.4 Å². The first kappa shape index (κ1) is 25.4. The van der Waals surface area contributed by atoms with E-state index >= 15 is 0 Å². The summed E-state index contributed by atoms with van der Waals surface area (Å²) < 4.78 is 17.1. The van der Waals surface area contributed by atoms with Crippen molar-refractivity contribution in [3.8, 4) is 11.5 Å². The van der Waals surface area contributed by atoms with Crippen LogP contribution in [0, 0.1) is 0 Å². The van der Waals surface area contributed by atoms with Crippen LogP contribution in [0.1, 0.15) is 48.5 Å². The maximum atomic E-state index is 12.8. The summed E-state index contributed by atoms with van der Waals surface area (Å²) in [6.45, 7) is 0.695. The summed E-state index contributed by atoms with van der Waals surface area (Å²) in [4.78, 5) is 39.0. The minimum absolute atomic E-state index is 0.0305. The van der Waals surface area contributed by atoms with Gasteiger partial charge in [-0.25, -0.2) is 4.79 Å². The SMILES string of the molecule is CN1CC[C@]23c4c5ccc(O)c4O[C@H]2C(OC(=O)CCC(=O)OC(C(=O)O)c2ccccc2)=CC[C@@]3(O)[C@H]1C5. The lowest BCUT2D eigenvalue weighted by Gasteiger charge is -2.61. The molecular formula is C29H29NO9. The van der Waals surface area contributed by atoms with Crippen molar-refractivity contribution in [1.82, 2.24) is 4.90 Å². The van der Waals surface area contributed by atoms with E-state index in [2.05, 4.69) is 4.90 Å². The summed E-state index contributed by atoms with van der Waals surface area (Å²) in [6, 6.07) is 11.4. The number of esters is 2. The fraction of sp³-hybridized carbons (Fsp3) is 0.414. The van der Waals surface area contributed by atoms with Gasteiger partial charge in [-0.15, -0.1) is 0 Å². The highest BCUT2D eigenvalue weighted by molar-refractivity contribution is 5.82. The molecule has 10 heteroatoms. The predicted molar refractivity (Wildman–Crippen MR) is 135 cm³/mol. The van der Waals surface area contributed by atoms with Crippen LogP contribution in [-0.2, 0) is 35.7 Å². The highest BCUT2D eigenvalue weighted by atomic mass is 16.6. The largest absolute Gasteiger partial charge is 0.504 e. The topological polar surface area (TPSA) is 143 Å². The molecule has 2 heterocycles. The van der Waals surface area contributed by atoms with Crippen molar-refractivity contribution in [2.75, 3.05) is 13.6 Å². The number of likely N-dealkylation sites (N-methyl/N-ethyl adjacent to an activating group) is 1. The van der Waals surface area contributed by atoms with Gasteiger partial charge in [0.2, 0.25) is 6.10 Å². The van der Waals surface area contributed by atoms with E-state index in [1.165, 1.54) is 12.1 Å². The first-order valence-corrected chi connectivity index (χ1v) is 13.0. The lowest BCUT2D eigenvalue weighted by atomic mass is 9.50. The molecule has 39 heavy (non-hydrogen) atoms. The molecule has 1 unspecified atom stereocenters. The quantitative estimate of drug-likeness (QED) is 0.452. The molecule has 3 N–H and O–H groups in total.